The minimum atomic E-state index is 0. The molecule has 1 fully saturated rings. The smallest absolute Gasteiger partial charge is 0.00889 e. The van der Waals surface area contributed by atoms with E-state index in [-0.39, 0.29) is 12.4 Å². The minimum Gasteiger partial charge on any atom is -0.327 e. The van der Waals surface area contributed by atoms with Crippen LogP contribution >= 0.6 is 12.4 Å². The van der Waals surface area contributed by atoms with Gasteiger partial charge in [0.25, 0.3) is 0 Å². The van der Waals surface area contributed by atoms with E-state index in [1.807, 2.05) is 0 Å². The molecule has 0 amide bonds. The Labute approximate surface area is 107 Å². The normalized spacial score (nSPS) is 27.6. The quantitative estimate of drug-likeness (QED) is 0.829. The summed E-state index contributed by atoms with van der Waals surface area (Å²) in [4.78, 5) is 2.59. The van der Waals surface area contributed by atoms with E-state index >= 15 is 0 Å². The van der Waals surface area contributed by atoms with Gasteiger partial charge in [-0.05, 0) is 37.3 Å². The van der Waals surface area contributed by atoms with E-state index in [1.165, 1.54) is 38.9 Å². The predicted molar refractivity (Wildman–Crippen MR) is 74.1 cm³/mol. The molecule has 1 rings (SSSR count). The monoisotopic (exact) mass is 248 g/mol. The second-order valence-electron chi connectivity index (χ2n) is 6.00. The Bertz CT molecular complexity index is 194. The molecule has 1 aliphatic rings. The highest BCUT2D eigenvalue weighted by Gasteiger charge is 2.24. The fourth-order valence-corrected chi connectivity index (χ4v) is 2.09. The average Bonchev–Trinajstić information content (AvgIpc) is 2.20. The molecule has 2 nitrogen and oxygen atoms in total. The molecule has 2 N–H and O–H groups in total. The van der Waals surface area contributed by atoms with E-state index in [0.29, 0.717) is 17.4 Å². The Hall–Kier alpha value is 0.210. The van der Waals surface area contributed by atoms with Crippen molar-refractivity contribution < 1.29 is 0 Å². The van der Waals surface area contributed by atoms with Crippen LogP contribution in [0.1, 0.15) is 47.0 Å². The molecular weight excluding hydrogens is 220 g/mol. The molecule has 0 aromatic heterocycles. The minimum absolute atomic E-state index is 0. The number of hydrogen-bond donors (Lipinski definition) is 1. The number of nitrogens with two attached hydrogens (primary N) is 1. The molecule has 0 aliphatic carbocycles. The van der Waals surface area contributed by atoms with E-state index in [2.05, 4.69) is 32.6 Å². The third-order valence-electron chi connectivity index (χ3n) is 4.12. The second kappa shape index (κ2) is 6.83. The number of likely N-dealkylation sites (tertiary alicyclic amines) is 1. The van der Waals surface area contributed by atoms with Crippen molar-refractivity contribution in [3.63, 3.8) is 0 Å². The van der Waals surface area contributed by atoms with Crippen molar-refractivity contribution in [2.75, 3.05) is 19.6 Å². The number of rotatable bonds is 4. The van der Waals surface area contributed by atoms with Crippen LogP contribution in [0.3, 0.4) is 0 Å². The zero-order valence-electron chi connectivity index (χ0n) is 11.3. The van der Waals surface area contributed by atoms with Gasteiger partial charge in [0.05, 0.1) is 0 Å². The molecule has 3 heteroatoms. The lowest BCUT2D eigenvalue weighted by atomic mass is 9.85. The van der Waals surface area contributed by atoms with Crippen molar-refractivity contribution >= 4 is 12.4 Å². The molecule has 98 valence electrons. The highest BCUT2D eigenvalue weighted by atomic mass is 35.5. The summed E-state index contributed by atoms with van der Waals surface area (Å²) in [5.74, 6) is 0.670. The van der Waals surface area contributed by atoms with Crippen molar-refractivity contribution in [1.82, 2.24) is 4.90 Å². The molecule has 2 unspecified atom stereocenters. The van der Waals surface area contributed by atoms with Gasteiger partial charge in [-0.1, -0.05) is 34.1 Å². The van der Waals surface area contributed by atoms with Gasteiger partial charge in [0, 0.05) is 12.6 Å². The van der Waals surface area contributed by atoms with Crippen molar-refractivity contribution in [3.8, 4) is 0 Å². The molecule has 1 heterocycles. The lowest BCUT2D eigenvalue weighted by molar-refractivity contribution is 0.142. The first-order valence-corrected chi connectivity index (χ1v) is 6.42. The van der Waals surface area contributed by atoms with Crippen LogP contribution in [-0.2, 0) is 0 Å². The van der Waals surface area contributed by atoms with Crippen LogP contribution in [0.25, 0.3) is 0 Å². The van der Waals surface area contributed by atoms with E-state index in [4.69, 9.17) is 5.73 Å². The fourth-order valence-electron chi connectivity index (χ4n) is 2.09. The third kappa shape index (κ3) is 5.03. The SMILES string of the molecule is CCC(C)(C)CCN1CCC(N)C(C)C1.Cl. The Morgan fingerprint density at radius 3 is 2.50 bits per heavy atom. The van der Waals surface area contributed by atoms with Crippen LogP contribution in [0.15, 0.2) is 0 Å². The van der Waals surface area contributed by atoms with Crippen LogP contribution in [0.2, 0.25) is 0 Å². The standard InChI is InChI=1S/C13H28N2.ClH/c1-5-13(3,4)7-9-15-8-6-12(14)11(2)10-15;/h11-12H,5-10,14H2,1-4H3;1H. The summed E-state index contributed by atoms with van der Waals surface area (Å²) in [6.07, 6.45) is 3.76. The Morgan fingerprint density at radius 1 is 1.38 bits per heavy atom. The fraction of sp³-hybridized carbons (Fsp3) is 1.00. The first-order chi connectivity index (χ1) is 6.94. The van der Waals surface area contributed by atoms with Gasteiger partial charge in [-0.25, -0.2) is 0 Å². The number of halogens is 1. The third-order valence-corrected chi connectivity index (χ3v) is 4.12. The number of hydrogen-bond acceptors (Lipinski definition) is 2. The van der Waals surface area contributed by atoms with Gasteiger partial charge in [-0.2, -0.15) is 0 Å². The summed E-state index contributed by atoms with van der Waals surface area (Å²) >= 11 is 0. The highest BCUT2D eigenvalue weighted by Crippen LogP contribution is 2.25. The molecule has 0 aromatic carbocycles. The van der Waals surface area contributed by atoms with Gasteiger partial charge < -0.3 is 10.6 Å². The first-order valence-electron chi connectivity index (χ1n) is 6.42. The maximum absolute atomic E-state index is 6.02. The van der Waals surface area contributed by atoms with Crippen LogP contribution in [0, 0.1) is 11.3 Å². The summed E-state index contributed by atoms with van der Waals surface area (Å²) in [5, 5.41) is 0. The maximum Gasteiger partial charge on any atom is 0.00889 e. The van der Waals surface area contributed by atoms with Gasteiger partial charge in [0.15, 0.2) is 0 Å². The van der Waals surface area contributed by atoms with Crippen LogP contribution in [0.5, 0.6) is 0 Å². The average molecular weight is 249 g/mol. The van der Waals surface area contributed by atoms with Crippen molar-refractivity contribution in [2.45, 2.75) is 53.0 Å². The Kier molecular flexibility index (Phi) is 6.92. The summed E-state index contributed by atoms with van der Waals surface area (Å²) < 4.78 is 0. The summed E-state index contributed by atoms with van der Waals surface area (Å²) in [6, 6.07) is 0.431. The molecule has 0 spiro atoms. The molecule has 0 radical (unpaired) electrons. The lowest BCUT2D eigenvalue weighted by Crippen LogP contribution is -2.46. The zero-order chi connectivity index (χ0) is 11.5. The zero-order valence-corrected chi connectivity index (χ0v) is 12.1. The maximum atomic E-state index is 6.02. The van der Waals surface area contributed by atoms with Crippen LogP contribution < -0.4 is 5.73 Å². The molecule has 0 saturated carbocycles. The largest absolute Gasteiger partial charge is 0.327 e. The van der Waals surface area contributed by atoms with Gasteiger partial charge in [0.2, 0.25) is 0 Å². The van der Waals surface area contributed by atoms with E-state index < -0.39 is 0 Å². The Balaban J connectivity index is 0.00000225. The van der Waals surface area contributed by atoms with E-state index in [0.717, 1.165) is 0 Å². The van der Waals surface area contributed by atoms with Crippen molar-refractivity contribution in [1.29, 1.82) is 0 Å². The van der Waals surface area contributed by atoms with Gasteiger partial charge in [-0.15, -0.1) is 12.4 Å². The van der Waals surface area contributed by atoms with Gasteiger partial charge in [-0.3, -0.25) is 0 Å². The molecule has 1 aliphatic heterocycles. The molecule has 16 heavy (non-hydrogen) atoms. The summed E-state index contributed by atoms with van der Waals surface area (Å²) in [6.45, 7) is 12.9. The molecule has 0 aromatic rings. The number of nitrogens with zero attached hydrogens (tertiary/aromatic N) is 1. The van der Waals surface area contributed by atoms with Crippen LogP contribution in [0.4, 0.5) is 0 Å². The molecule has 2 atom stereocenters. The topological polar surface area (TPSA) is 29.3 Å². The number of piperidine rings is 1. The van der Waals surface area contributed by atoms with Crippen LogP contribution in [-0.4, -0.2) is 30.6 Å². The second-order valence-corrected chi connectivity index (χ2v) is 6.00. The summed E-state index contributed by atoms with van der Waals surface area (Å²) in [7, 11) is 0. The first kappa shape index (κ1) is 16.2. The molecular formula is C13H29ClN2. The van der Waals surface area contributed by atoms with Gasteiger partial charge in [0.1, 0.15) is 0 Å². The van der Waals surface area contributed by atoms with Crippen molar-refractivity contribution in [2.24, 2.45) is 17.1 Å². The van der Waals surface area contributed by atoms with E-state index in [9.17, 15) is 0 Å². The molecule has 1 saturated heterocycles. The van der Waals surface area contributed by atoms with Gasteiger partial charge >= 0.3 is 0 Å². The van der Waals surface area contributed by atoms with Crippen molar-refractivity contribution in [3.05, 3.63) is 0 Å². The van der Waals surface area contributed by atoms with E-state index in [1.54, 1.807) is 0 Å². The highest BCUT2D eigenvalue weighted by molar-refractivity contribution is 5.85. The lowest BCUT2D eigenvalue weighted by Gasteiger charge is -2.36. The Morgan fingerprint density at radius 2 is 2.00 bits per heavy atom. The summed E-state index contributed by atoms with van der Waals surface area (Å²) in [5.41, 5.74) is 6.52. The molecule has 0 bridgehead atoms. The predicted octanol–water partition coefficient (Wildman–Crippen LogP) is 2.90.